The summed E-state index contributed by atoms with van der Waals surface area (Å²) in [6, 6.07) is 3.46. The number of methoxy groups -OCH3 is 2. The Hall–Kier alpha value is -1.86. The molecule has 0 spiro atoms. The van der Waals surface area contributed by atoms with Crippen molar-refractivity contribution in [3.05, 3.63) is 28.5 Å². The first-order chi connectivity index (χ1) is 9.22. The van der Waals surface area contributed by atoms with Gasteiger partial charge in [-0.15, -0.1) is 0 Å². The molecule has 0 fully saturated rings. The van der Waals surface area contributed by atoms with E-state index in [1.807, 2.05) is 16.8 Å². The van der Waals surface area contributed by atoms with Gasteiger partial charge in [0.1, 0.15) is 0 Å². The van der Waals surface area contributed by atoms with Crippen LogP contribution in [0.4, 0.5) is 5.95 Å². The Balaban J connectivity index is 2.02. The summed E-state index contributed by atoms with van der Waals surface area (Å²) in [7, 11) is 3.04. The van der Waals surface area contributed by atoms with Gasteiger partial charge in [-0.25, -0.2) is 0 Å². The minimum atomic E-state index is -0.605. The molecule has 0 saturated carbocycles. The van der Waals surface area contributed by atoms with Crippen molar-refractivity contribution in [2.45, 2.75) is 6.10 Å². The molecule has 2 heterocycles. The first-order valence-corrected chi connectivity index (χ1v) is 6.58. The maximum Gasteiger partial charge on any atom is 0.229 e. The minimum Gasteiger partial charge on any atom is -0.481 e. The van der Waals surface area contributed by atoms with Crippen LogP contribution >= 0.6 is 11.3 Å². The summed E-state index contributed by atoms with van der Waals surface area (Å²) in [5.74, 6) is 1.16. The van der Waals surface area contributed by atoms with Crippen LogP contribution in [0.1, 0.15) is 11.7 Å². The molecule has 1 unspecified atom stereocenters. The highest BCUT2D eigenvalue weighted by Gasteiger charge is 2.10. The Morgan fingerprint density at radius 1 is 1.32 bits per heavy atom. The number of thiophene rings is 1. The van der Waals surface area contributed by atoms with Crippen LogP contribution in [0.25, 0.3) is 0 Å². The third-order valence-corrected chi connectivity index (χ3v) is 3.18. The van der Waals surface area contributed by atoms with E-state index in [4.69, 9.17) is 9.47 Å². The molecule has 2 rings (SSSR count). The van der Waals surface area contributed by atoms with Crippen LogP contribution in [-0.4, -0.2) is 35.8 Å². The van der Waals surface area contributed by atoms with E-state index in [0.717, 1.165) is 5.56 Å². The van der Waals surface area contributed by atoms with E-state index < -0.39 is 6.10 Å². The molecule has 0 aliphatic carbocycles. The zero-order valence-electron chi connectivity index (χ0n) is 10.7. The molecule has 2 aromatic heterocycles. The molecule has 0 saturated heterocycles. The molecule has 0 amide bonds. The molecule has 6 nitrogen and oxygen atoms in total. The van der Waals surface area contributed by atoms with E-state index in [0.29, 0.717) is 24.3 Å². The van der Waals surface area contributed by atoms with Crippen molar-refractivity contribution in [3.63, 3.8) is 0 Å². The van der Waals surface area contributed by atoms with Gasteiger partial charge in [-0.3, -0.25) is 0 Å². The normalized spacial score (nSPS) is 11.9. The number of anilines is 1. The summed E-state index contributed by atoms with van der Waals surface area (Å²) < 4.78 is 10.1. The standard InChI is InChI=1S/C12H15N3O3S/c1-17-10-5-11(18-2)15-12(14-10)13-6-9(16)8-3-4-19-7-8/h3-5,7,9,16H,6H2,1-2H3,(H,13,14,15). The van der Waals surface area contributed by atoms with Crippen molar-refractivity contribution in [1.82, 2.24) is 9.97 Å². The number of aliphatic hydroxyl groups is 1. The molecule has 2 aromatic rings. The Morgan fingerprint density at radius 2 is 2.00 bits per heavy atom. The van der Waals surface area contributed by atoms with Gasteiger partial charge >= 0.3 is 0 Å². The summed E-state index contributed by atoms with van der Waals surface area (Å²) in [5.41, 5.74) is 0.868. The Kier molecular flexibility index (Phi) is 4.53. The molecule has 102 valence electrons. The average molecular weight is 281 g/mol. The highest BCUT2D eigenvalue weighted by Crippen LogP contribution is 2.19. The molecule has 1 atom stereocenters. The SMILES string of the molecule is COc1cc(OC)nc(NCC(O)c2ccsc2)n1. The van der Waals surface area contributed by atoms with Gasteiger partial charge in [-0.05, 0) is 22.4 Å². The highest BCUT2D eigenvalue weighted by atomic mass is 32.1. The largest absolute Gasteiger partial charge is 0.481 e. The van der Waals surface area contributed by atoms with Crippen LogP contribution < -0.4 is 14.8 Å². The molecular formula is C12H15N3O3S. The molecule has 0 aromatic carbocycles. The Labute approximate surface area is 115 Å². The van der Waals surface area contributed by atoms with Gasteiger partial charge < -0.3 is 19.9 Å². The van der Waals surface area contributed by atoms with Gasteiger partial charge in [-0.2, -0.15) is 21.3 Å². The van der Waals surface area contributed by atoms with Crippen molar-refractivity contribution in [2.24, 2.45) is 0 Å². The second-order valence-electron chi connectivity index (χ2n) is 3.73. The van der Waals surface area contributed by atoms with Gasteiger partial charge in [-0.1, -0.05) is 0 Å². The zero-order chi connectivity index (χ0) is 13.7. The predicted octanol–water partition coefficient (Wildman–Crippen LogP) is 1.70. The minimum absolute atomic E-state index is 0.313. The summed E-state index contributed by atoms with van der Waals surface area (Å²) in [4.78, 5) is 8.24. The lowest BCUT2D eigenvalue weighted by Gasteiger charge is -2.11. The molecule has 0 bridgehead atoms. The lowest BCUT2D eigenvalue weighted by Crippen LogP contribution is -2.13. The number of aromatic nitrogens is 2. The molecule has 0 aliphatic rings. The van der Waals surface area contributed by atoms with E-state index in [1.165, 1.54) is 14.2 Å². The number of hydrogen-bond donors (Lipinski definition) is 2. The number of aliphatic hydroxyl groups excluding tert-OH is 1. The fourth-order valence-corrected chi connectivity index (χ4v) is 2.17. The Bertz CT molecular complexity index is 497. The molecule has 0 aliphatic heterocycles. The summed E-state index contributed by atoms with van der Waals surface area (Å²) in [5, 5.41) is 16.7. The number of hydrogen-bond acceptors (Lipinski definition) is 7. The van der Waals surface area contributed by atoms with Gasteiger partial charge in [0.25, 0.3) is 0 Å². The highest BCUT2D eigenvalue weighted by molar-refractivity contribution is 7.07. The van der Waals surface area contributed by atoms with E-state index >= 15 is 0 Å². The van der Waals surface area contributed by atoms with Crippen LogP contribution in [0.2, 0.25) is 0 Å². The van der Waals surface area contributed by atoms with Gasteiger partial charge in [0.2, 0.25) is 17.7 Å². The third kappa shape index (κ3) is 3.55. The first-order valence-electron chi connectivity index (χ1n) is 5.64. The van der Waals surface area contributed by atoms with Crippen molar-refractivity contribution in [1.29, 1.82) is 0 Å². The fourth-order valence-electron chi connectivity index (χ4n) is 1.46. The third-order valence-electron chi connectivity index (χ3n) is 2.48. The van der Waals surface area contributed by atoms with Crippen LogP contribution in [0.3, 0.4) is 0 Å². The van der Waals surface area contributed by atoms with Crippen LogP contribution in [0.5, 0.6) is 11.8 Å². The van der Waals surface area contributed by atoms with Crippen LogP contribution in [-0.2, 0) is 0 Å². The van der Waals surface area contributed by atoms with E-state index in [-0.39, 0.29) is 0 Å². The van der Waals surface area contributed by atoms with E-state index in [2.05, 4.69) is 15.3 Å². The van der Waals surface area contributed by atoms with Crippen molar-refractivity contribution in [2.75, 3.05) is 26.1 Å². The topological polar surface area (TPSA) is 76.5 Å². The molecular weight excluding hydrogens is 266 g/mol. The van der Waals surface area contributed by atoms with Crippen molar-refractivity contribution >= 4 is 17.3 Å². The molecule has 0 radical (unpaired) electrons. The van der Waals surface area contributed by atoms with Crippen molar-refractivity contribution < 1.29 is 14.6 Å². The Morgan fingerprint density at radius 3 is 2.53 bits per heavy atom. The predicted molar refractivity (Wildman–Crippen MR) is 72.9 cm³/mol. The smallest absolute Gasteiger partial charge is 0.229 e. The summed E-state index contributed by atoms with van der Waals surface area (Å²) in [6.45, 7) is 0.313. The van der Waals surface area contributed by atoms with E-state index in [9.17, 15) is 5.11 Å². The second-order valence-corrected chi connectivity index (χ2v) is 4.51. The quantitative estimate of drug-likeness (QED) is 0.839. The fraction of sp³-hybridized carbons (Fsp3) is 0.333. The molecule has 7 heteroatoms. The van der Waals surface area contributed by atoms with Crippen LogP contribution in [0, 0.1) is 0 Å². The maximum atomic E-state index is 9.95. The first kappa shape index (κ1) is 13.6. The van der Waals surface area contributed by atoms with Crippen molar-refractivity contribution in [3.8, 4) is 11.8 Å². The van der Waals surface area contributed by atoms with E-state index in [1.54, 1.807) is 17.4 Å². The second kappa shape index (κ2) is 6.35. The monoisotopic (exact) mass is 281 g/mol. The lowest BCUT2D eigenvalue weighted by molar-refractivity contribution is 0.192. The number of ether oxygens (including phenoxy) is 2. The van der Waals surface area contributed by atoms with Gasteiger partial charge in [0, 0.05) is 6.54 Å². The molecule has 2 N–H and O–H groups in total. The number of nitrogens with zero attached hydrogens (tertiary/aromatic N) is 2. The summed E-state index contributed by atoms with van der Waals surface area (Å²) >= 11 is 1.54. The zero-order valence-corrected chi connectivity index (χ0v) is 11.5. The summed E-state index contributed by atoms with van der Waals surface area (Å²) in [6.07, 6.45) is -0.605. The van der Waals surface area contributed by atoms with Gasteiger partial charge in [0.05, 0.1) is 26.4 Å². The van der Waals surface area contributed by atoms with Crippen LogP contribution in [0.15, 0.2) is 22.9 Å². The lowest BCUT2D eigenvalue weighted by atomic mass is 10.2. The maximum absolute atomic E-state index is 9.95. The van der Waals surface area contributed by atoms with Gasteiger partial charge in [0.15, 0.2) is 0 Å². The molecule has 19 heavy (non-hydrogen) atoms. The number of nitrogens with one attached hydrogen (secondary N) is 1. The number of rotatable bonds is 6. The average Bonchev–Trinajstić information content (AvgIpc) is 2.98.